The lowest BCUT2D eigenvalue weighted by atomic mass is 9.79. The molecule has 0 unspecified atom stereocenters. The van der Waals surface area contributed by atoms with Gasteiger partial charge in [-0.2, -0.15) is 0 Å². The second-order valence-electron chi connectivity index (χ2n) is 8.30. The number of carbonyl (C=O) groups is 1. The number of hydrogen-bond acceptors (Lipinski definition) is 4. The monoisotopic (exact) mass is 381 g/mol. The predicted octanol–water partition coefficient (Wildman–Crippen LogP) is 3.25. The number of amides is 1. The highest BCUT2D eigenvalue weighted by atomic mass is 16.2. The maximum absolute atomic E-state index is 12.7. The highest BCUT2D eigenvalue weighted by Crippen LogP contribution is 2.35. The first-order chi connectivity index (χ1) is 13.8. The van der Waals surface area contributed by atoms with E-state index < -0.39 is 0 Å². The van der Waals surface area contributed by atoms with Gasteiger partial charge in [0.05, 0.1) is 12.7 Å². The van der Waals surface area contributed by atoms with Crippen molar-refractivity contribution in [3.63, 3.8) is 0 Å². The van der Waals surface area contributed by atoms with Gasteiger partial charge in [-0.25, -0.2) is 4.68 Å². The fraction of sp³-hybridized carbons (Fsp3) is 0.591. The Morgan fingerprint density at radius 3 is 2.46 bits per heavy atom. The molecule has 1 aliphatic carbocycles. The van der Waals surface area contributed by atoms with Gasteiger partial charge < -0.3 is 5.32 Å². The first-order valence-corrected chi connectivity index (χ1v) is 10.7. The van der Waals surface area contributed by atoms with E-state index in [9.17, 15) is 4.79 Å². The molecule has 1 aromatic carbocycles. The largest absolute Gasteiger partial charge is 0.349 e. The third kappa shape index (κ3) is 4.43. The second kappa shape index (κ2) is 8.86. The molecule has 0 spiro atoms. The summed E-state index contributed by atoms with van der Waals surface area (Å²) in [6.07, 6.45) is 11.9. The van der Waals surface area contributed by atoms with E-state index in [0.717, 1.165) is 12.1 Å². The molecule has 1 saturated heterocycles. The molecule has 1 N–H and O–H groups in total. The average molecular weight is 382 g/mol. The van der Waals surface area contributed by atoms with Crippen molar-refractivity contribution in [2.45, 2.75) is 63.5 Å². The Balaban J connectivity index is 1.38. The van der Waals surface area contributed by atoms with Crippen LogP contribution in [-0.4, -0.2) is 51.0 Å². The molecule has 1 saturated carbocycles. The Labute approximate surface area is 167 Å². The van der Waals surface area contributed by atoms with Gasteiger partial charge in [-0.05, 0) is 44.3 Å². The van der Waals surface area contributed by atoms with Crippen LogP contribution in [-0.2, 0) is 6.54 Å². The van der Waals surface area contributed by atoms with Crippen LogP contribution in [0.1, 0.15) is 67.4 Å². The van der Waals surface area contributed by atoms with Crippen molar-refractivity contribution in [3.05, 3.63) is 47.8 Å². The number of rotatable bonds is 6. The minimum atomic E-state index is -0.110. The molecule has 1 aromatic heterocycles. The van der Waals surface area contributed by atoms with E-state index in [0.29, 0.717) is 12.2 Å². The Hall–Kier alpha value is -2.21. The van der Waals surface area contributed by atoms with E-state index in [4.69, 9.17) is 0 Å². The SMILES string of the molecule is O=C(NCC1(N2CCCCC2)CCCCC1)c1cn(Cc2ccccc2)nn1. The van der Waals surface area contributed by atoms with Gasteiger partial charge in [0, 0.05) is 12.1 Å². The Morgan fingerprint density at radius 1 is 1.00 bits per heavy atom. The summed E-state index contributed by atoms with van der Waals surface area (Å²) in [6.45, 7) is 3.68. The van der Waals surface area contributed by atoms with Crippen molar-refractivity contribution in [2.75, 3.05) is 19.6 Å². The fourth-order valence-electron chi connectivity index (χ4n) is 4.77. The molecular formula is C22H31N5O. The number of piperidine rings is 1. The Morgan fingerprint density at radius 2 is 1.71 bits per heavy atom. The van der Waals surface area contributed by atoms with Crippen molar-refractivity contribution in [1.29, 1.82) is 0 Å². The van der Waals surface area contributed by atoms with Gasteiger partial charge in [0.15, 0.2) is 5.69 Å². The molecule has 6 nitrogen and oxygen atoms in total. The van der Waals surface area contributed by atoms with Crippen LogP contribution in [0.15, 0.2) is 36.5 Å². The smallest absolute Gasteiger partial charge is 0.273 e. The molecule has 1 amide bonds. The lowest BCUT2D eigenvalue weighted by Gasteiger charge is -2.48. The quantitative estimate of drug-likeness (QED) is 0.834. The molecule has 1 aliphatic heterocycles. The van der Waals surface area contributed by atoms with Gasteiger partial charge in [0.2, 0.25) is 0 Å². The summed E-state index contributed by atoms with van der Waals surface area (Å²) in [5.74, 6) is -0.110. The summed E-state index contributed by atoms with van der Waals surface area (Å²) >= 11 is 0. The van der Waals surface area contributed by atoms with Gasteiger partial charge in [0.1, 0.15) is 0 Å². The van der Waals surface area contributed by atoms with Gasteiger partial charge in [-0.15, -0.1) is 5.10 Å². The molecule has 6 heteroatoms. The second-order valence-corrected chi connectivity index (χ2v) is 8.30. The number of aromatic nitrogens is 3. The van der Waals surface area contributed by atoms with E-state index in [1.807, 2.05) is 30.3 Å². The molecule has 0 atom stereocenters. The molecule has 150 valence electrons. The molecule has 0 radical (unpaired) electrons. The number of nitrogens with zero attached hydrogens (tertiary/aromatic N) is 4. The zero-order valence-corrected chi connectivity index (χ0v) is 16.6. The first kappa shape index (κ1) is 19.1. The summed E-state index contributed by atoms with van der Waals surface area (Å²) < 4.78 is 1.73. The van der Waals surface area contributed by atoms with Gasteiger partial charge in [-0.3, -0.25) is 9.69 Å². The maximum atomic E-state index is 12.7. The lowest BCUT2D eigenvalue weighted by molar-refractivity contribution is 0.0326. The Kier molecular flexibility index (Phi) is 6.05. The van der Waals surface area contributed by atoms with Gasteiger partial charge >= 0.3 is 0 Å². The van der Waals surface area contributed by atoms with Gasteiger partial charge in [0.25, 0.3) is 5.91 Å². The van der Waals surface area contributed by atoms with Crippen molar-refractivity contribution < 1.29 is 4.79 Å². The van der Waals surface area contributed by atoms with Crippen molar-refractivity contribution in [1.82, 2.24) is 25.2 Å². The molecule has 2 aromatic rings. The summed E-state index contributed by atoms with van der Waals surface area (Å²) in [7, 11) is 0. The topological polar surface area (TPSA) is 63.1 Å². The molecule has 2 heterocycles. The van der Waals surface area contributed by atoms with E-state index in [2.05, 4.69) is 20.5 Å². The predicted molar refractivity (Wildman–Crippen MR) is 109 cm³/mol. The molecular weight excluding hydrogens is 350 g/mol. The summed E-state index contributed by atoms with van der Waals surface area (Å²) in [5.41, 5.74) is 1.68. The molecule has 4 rings (SSSR count). The third-order valence-electron chi connectivity index (χ3n) is 6.35. The van der Waals surface area contributed by atoms with Crippen molar-refractivity contribution in [2.24, 2.45) is 0 Å². The third-order valence-corrected chi connectivity index (χ3v) is 6.35. The number of hydrogen-bond donors (Lipinski definition) is 1. The zero-order valence-electron chi connectivity index (χ0n) is 16.6. The normalized spacial score (nSPS) is 20.0. The van der Waals surface area contributed by atoms with E-state index >= 15 is 0 Å². The van der Waals surface area contributed by atoms with Crippen LogP contribution in [0.2, 0.25) is 0 Å². The highest BCUT2D eigenvalue weighted by molar-refractivity contribution is 5.91. The van der Waals surface area contributed by atoms with Crippen molar-refractivity contribution in [3.8, 4) is 0 Å². The average Bonchev–Trinajstić information content (AvgIpc) is 3.23. The number of benzene rings is 1. The minimum absolute atomic E-state index is 0.110. The number of nitrogens with one attached hydrogen (secondary N) is 1. The number of carbonyl (C=O) groups excluding carboxylic acids is 1. The molecule has 28 heavy (non-hydrogen) atoms. The van der Waals surface area contributed by atoms with Crippen LogP contribution in [0.25, 0.3) is 0 Å². The fourth-order valence-corrected chi connectivity index (χ4v) is 4.77. The lowest BCUT2D eigenvalue weighted by Crippen LogP contribution is -2.58. The van der Waals surface area contributed by atoms with Crippen LogP contribution >= 0.6 is 0 Å². The minimum Gasteiger partial charge on any atom is -0.349 e. The van der Waals surface area contributed by atoms with E-state index in [1.54, 1.807) is 10.9 Å². The Bertz CT molecular complexity index is 760. The standard InChI is InChI=1S/C22H31N5O/c28-21(20-17-27(25-24-20)16-19-10-4-1-5-11-19)23-18-22(12-6-2-7-13-22)26-14-8-3-9-15-26/h1,4-5,10-11,17H,2-3,6-9,12-16,18H2,(H,23,28). The molecule has 2 fully saturated rings. The van der Waals surface area contributed by atoms with Crippen LogP contribution in [0, 0.1) is 0 Å². The maximum Gasteiger partial charge on any atom is 0.273 e. The van der Waals surface area contributed by atoms with E-state index in [-0.39, 0.29) is 11.4 Å². The summed E-state index contributed by atoms with van der Waals surface area (Å²) in [6, 6.07) is 10.1. The number of likely N-dealkylation sites (tertiary alicyclic amines) is 1. The summed E-state index contributed by atoms with van der Waals surface area (Å²) in [4.78, 5) is 15.4. The van der Waals surface area contributed by atoms with Crippen molar-refractivity contribution >= 4 is 5.91 Å². The van der Waals surface area contributed by atoms with Crippen LogP contribution in [0.4, 0.5) is 0 Å². The van der Waals surface area contributed by atoms with Crippen LogP contribution in [0.3, 0.4) is 0 Å². The molecule has 0 bridgehead atoms. The van der Waals surface area contributed by atoms with Crippen LogP contribution in [0.5, 0.6) is 0 Å². The van der Waals surface area contributed by atoms with Gasteiger partial charge in [-0.1, -0.05) is 61.2 Å². The van der Waals surface area contributed by atoms with Crippen LogP contribution < -0.4 is 5.32 Å². The highest BCUT2D eigenvalue weighted by Gasteiger charge is 2.38. The molecule has 2 aliphatic rings. The summed E-state index contributed by atoms with van der Waals surface area (Å²) in [5, 5.41) is 11.4. The first-order valence-electron chi connectivity index (χ1n) is 10.7. The zero-order chi connectivity index (χ0) is 19.2. The van der Waals surface area contributed by atoms with E-state index in [1.165, 1.54) is 64.5 Å².